The predicted molar refractivity (Wildman–Crippen MR) is 99.7 cm³/mol. The molecule has 1 aliphatic heterocycles. The van der Waals surface area contributed by atoms with Crippen LogP contribution in [0.1, 0.15) is 19.4 Å². The van der Waals surface area contributed by atoms with Gasteiger partial charge in [-0.1, -0.05) is 32.0 Å². The summed E-state index contributed by atoms with van der Waals surface area (Å²) in [4.78, 5) is 27.0. The Morgan fingerprint density at radius 1 is 1.08 bits per heavy atom. The lowest BCUT2D eigenvalue weighted by molar-refractivity contribution is -0.121. The highest BCUT2D eigenvalue weighted by molar-refractivity contribution is 6.02. The molecule has 0 aliphatic carbocycles. The molecule has 0 unspecified atom stereocenters. The number of amides is 3. The van der Waals surface area contributed by atoms with Gasteiger partial charge >= 0.3 is 6.03 Å². The van der Waals surface area contributed by atoms with E-state index in [2.05, 4.69) is 10.6 Å². The minimum absolute atomic E-state index is 0.0748. The van der Waals surface area contributed by atoms with Crippen LogP contribution >= 0.6 is 0 Å². The molecule has 136 valence electrons. The fraction of sp³-hybridized carbons (Fsp3) is 0.300. The molecule has 1 atom stereocenters. The summed E-state index contributed by atoms with van der Waals surface area (Å²) in [6, 6.07) is 12.1. The van der Waals surface area contributed by atoms with Crippen LogP contribution in [0.3, 0.4) is 0 Å². The van der Waals surface area contributed by atoms with Crippen molar-refractivity contribution in [1.82, 2.24) is 5.32 Å². The quantitative estimate of drug-likeness (QED) is 0.881. The van der Waals surface area contributed by atoms with Crippen molar-refractivity contribution >= 4 is 23.3 Å². The van der Waals surface area contributed by atoms with Crippen molar-refractivity contribution in [2.75, 3.05) is 16.8 Å². The second kappa shape index (κ2) is 7.56. The van der Waals surface area contributed by atoms with Gasteiger partial charge in [-0.05, 0) is 48.2 Å². The fourth-order valence-electron chi connectivity index (χ4n) is 3.09. The highest BCUT2D eigenvalue weighted by Crippen LogP contribution is 2.28. The van der Waals surface area contributed by atoms with E-state index in [1.54, 1.807) is 4.90 Å². The van der Waals surface area contributed by atoms with E-state index in [9.17, 15) is 14.0 Å². The van der Waals surface area contributed by atoms with E-state index in [1.165, 1.54) is 24.3 Å². The average molecular weight is 355 g/mol. The zero-order chi connectivity index (χ0) is 18.7. The third-order valence-corrected chi connectivity index (χ3v) is 4.47. The number of rotatable bonds is 4. The summed E-state index contributed by atoms with van der Waals surface area (Å²) < 4.78 is 13.0. The summed E-state index contributed by atoms with van der Waals surface area (Å²) in [7, 11) is 0. The molecule has 26 heavy (non-hydrogen) atoms. The molecule has 3 amide bonds. The Kier molecular flexibility index (Phi) is 5.21. The van der Waals surface area contributed by atoms with E-state index < -0.39 is 12.1 Å². The number of fused-ring (bicyclic) bond motifs is 1. The molecular weight excluding hydrogens is 333 g/mol. The molecule has 0 radical (unpaired) electrons. The summed E-state index contributed by atoms with van der Waals surface area (Å²) >= 11 is 0. The van der Waals surface area contributed by atoms with Crippen molar-refractivity contribution in [2.45, 2.75) is 26.3 Å². The van der Waals surface area contributed by atoms with Gasteiger partial charge in [-0.25, -0.2) is 9.18 Å². The van der Waals surface area contributed by atoms with Crippen LogP contribution in [-0.4, -0.2) is 24.5 Å². The number of carbonyl (C=O) groups is 2. The number of carbonyl (C=O) groups excluding carboxylic acids is 2. The SMILES string of the molecule is CC(C)[C@H](NC(=O)Nc1ccc(F)cc1)C(=O)N1CCc2ccccc21. The number of halogens is 1. The van der Waals surface area contributed by atoms with Gasteiger partial charge in [0, 0.05) is 17.9 Å². The van der Waals surface area contributed by atoms with Crippen molar-refractivity contribution < 1.29 is 14.0 Å². The lowest BCUT2D eigenvalue weighted by atomic mass is 10.0. The van der Waals surface area contributed by atoms with Gasteiger partial charge in [-0.2, -0.15) is 0 Å². The van der Waals surface area contributed by atoms with Crippen LogP contribution in [0.15, 0.2) is 48.5 Å². The number of para-hydroxylation sites is 1. The Bertz CT molecular complexity index is 805. The van der Waals surface area contributed by atoms with Gasteiger partial charge in [0.1, 0.15) is 11.9 Å². The molecule has 0 spiro atoms. The molecular formula is C20H22FN3O2. The normalized spacial score (nSPS) is 14.1. The summed E-state index contributed by atoms with van der Waals surface area (Å²) in [5.74, 6) is -0.577. The number of urea groups is 1. The first-order valence-electron chi connectivity index (χ1n) is 8.68. The number of hydrogen-bond acceptors (Lipinski definition) is 2. The Hall–Kier alpha value is -2.89. The first-order valence-corrected chi connectivity index (χ1v) is 8.68. The van der Waals surface area contributed by atoms with E-state index in [0.29, 0.717) is 12.2 Å². The van der Waals surface area contributed by atoms with Crippen LogP contribution in [0.25, 0.3) is 0 Å². The predicted octanol–water partition coefficient (Wildman–Crippen LogP) is 3.56. The van der Waals surface area contributed by atoms with E-state index in [4.69, 9.17) is 0 Å². The standard InChI is InChI=1S/C20H22FN3O2/c1-13(2)18(23-20(26)22-16-9-7-15(21)8-10-16)19(25)24-12-11-14-5-3-4-6-17(14)24/h3-10,13,18H,11-12H2,1-2H3,(H2,22,23,26)/t18-/m0/s1. The monoisotopic (exact) mass is 355 g/mol. The number of nitrogens with one attached hydrogen (secondary N) is 2. The summed E-state index contributed by atoms with van der Waals surface area (Å²) in [6.45, 7) is 4.40. The first kappa shape index (κ1) is 17.9. The molecule has 1 aliphatic rings. The molecule has 0 saturated heterocycles. The van der Waals surface area contributed by atoms with Gasteiger partial charge in [0.2, 0.25) is 5.91 Å². The third kappa shape index (κ3) is 3.85. The van der Waals surface area contributed by atoms with Crippen LogP contribution in [0, 0.1) is 11.7 Å². The van der Waals surface area contributed by atoms with Crippen molar-refractivity contribution in [3.8, 4) is 0 Å². The van der Waals surface area contributed by atoms with Crippen molar-refractivity contribution in [3.05, 3.63) is 59.9 Å². The van der Waals surface area contributed by atoms with Gasteiger partial charge in [-0.3, -0.25) is 4.79 Å². The van der Waals surface area contributed by atoms with E-state index in [1.807, 2.05) is 38.1 Å². The Balaban J connectivity index is 1.70. The molecule has 2 aromatic carbocycles. The summed E-state index contributed by atoms with van der Waals surface area (Å²) in [5.41, 5.74) is 2.51. The topological polar surface area (TPSA) is 61.4 Å². The molecule has 0 aromatic heterocycles. The van der Waals surface area contributed by atoms with Crippen molar-refractivity contribution in [3.63, 3.8) is 0 Å². The molecule has 0 fully saturated rings. The zero-order valence-electron chi connectivity index (χ0n) is 14.8. The fourth-order valence-corrected chi connectivity index (χ4v) is 3.09. The third-order valence-electron chi connectivity index (χ3n) is 4.47. The average Bonchev–Trinajstić information content (AvgIpc) is 3.05. The van der Waals surface area contributed by atoms with E-state index >= 15 is 0 Å². The zero-order valence-corrected chi connectivity index (χ0v) is 14.8. The van der Waals surface area contributed by atoms with Gasteiger partial charge in [0.05, 0.1) is 0 Å². The van der Waals surface area contributed by atoms with Gasteiger partial charge in [0.15, 0.2) is 0 Å². The van der Waals surface area contributed by atoms with Crippen LogP contribution in [-0.2, 0) is 11.2 Å². The number of anilines is 2. The van der Waals surface area contributed by atoms with E-state index in [-0.39, 0.29) is 17.6 Å². The van der Waals surface area contributed by atoms with Gasteiger partial charge < -0.3 is 15.5 Å². The Morgan fingerprint density at radius 3 is 2.46 bits per heavy atom. The number of nitrogens with zero attached hydrogens (tertiary/aromatic N) is 1. The number of hydrogen-bond donors (Lipinski definition) is 2. The van der Waals surface area contributed by atoms with Crippen LogP contribution in [0.2, 0.25) is 0 Å². The molecule has 1 heterocycles. The molecule has 3 rings (SSSR count). The second-order valence-corrected chi connectivity index (χ2v) is 6.70. The Morgan fingerprint density at radius 2 is 1.77 bits per heavy atom. The Labute approximate surface area is 152 Å². The minimum atomic E-state index is -0.651. The highest BCUT2D eigenvalue weighted by atomic mass is 19.1. The van der Waals surface area contributed by atoms with Crippen LogP contribution in [0.4, 0.5) is 20.6 Å². The van der Waals surface area contributed by atoms with Crippen molar-refractivity contribution in [1.29, 1.82) is 0 Å². The summed E-state index contributed by atoms with van der Waals surface area (Å²) in [6.07, 6.45) is 0.814. The molecule has 5 nitrogen and oxygen atoms in total. The first-order chi connectivity index (χ1) is 12.5. The smallest absolute Gasteiger partial charge is 0.319 e. The maximum Gasteiger partial charge on any atom is 0.319 e. The maximum absolute atomic E-state index is 13.0. The molecule has 0 saturated carbocycles. The molecule has 2 aromatic rings. The van der Waals surface area contributed by atoms with Gasteiger partial charge in [-0.15, -0.1) is 0 Å². The van der Waals surface area contributed by atoms with Crippen LogP contribution < -0.4 is 15.5 Å². The minimum Gasteiger partial charge on any atom is -0.326 e. The lowest BCUT2D eigenvalue weighted by Crippen LogP contribution is -2.52. The number of benzene rings is 2. The largest absolute Gasteiger partial charge is 0.326 e. The van der Waals surface area contributed by atoms with Crippen molar-refractivity contribution in [2.24, 2.45) is 5.92 Å². The second-order valence-electron chi connectivity index (χ2n) is 6.70. The highest BCUT2D eigenvalue weighted by Gasteiger charge is 2.32. The van der Waals surface area contributed by atoms with E-state index in [0.717, 1.165) is 17.7 Å². The molecule has 0 bridgehead atoms. The summed E-state index contributed by atoms with van der Waals surface area (Å²) in [5, 5.41) is 5.38. The molecule has 6 heteroatoms. The van der Waals surface area contributed by atoms with Crippen LogP contribution in [0.5, 0.6) is 0 Å². The van der Waals surface area contributed by atoms with Gasteiger partial charge in [0.25, 0.3) is 0 Å². The lowest BCUT2D eigenvalue weighted by Gasteiger charge is -2.27. The maximum atomic E-state index is 13.0. The molecule has 2 N–H and O–H groups in total.